The molecule has 0 bridgehead atoms. The highest BCUT2D eigenvalue weighted by Gasteiger charge is 2.38. The average Bonchev–Trinajstić information content (AvgIpc) is 1.96. The molecule has 5 nitrogen and oxygen atoms in total. The molecule has 14 heavy (non-hydrogen) atoms. The number of carboxylic acids is 1. The monoisotopic (exact) mass is 214 g/mol. The van der Waals surface area contributed by atoms with Gasteiger partial charge in [-0.2, -0.15) is 13.2 Å². The summed E-state index contributed by atoms with van der Waals surface area (Å²) in [5, 5.41) is 19.9. The number of nitrogens with one attached hydrogen (secondary N) is 1. The van der Waals surface area contributed by atoms with Gasteiger partial charge < -0.3 is 20.3 Å². The Hall–Kier alpha value is -1.31. The largest absolute Gasteiger partial charge is 0.550 e. The predicted octanol–water partition coefficient (Wildman–Crippen LogP) is -1.83. The first-order valence-electron chi connectivity index (χ1n) is 3.46. The van der Waals surface area contributed by atoms with E-state index >= 15 is 0 Å². The van der Waals surface area contributed by atoms with Crippen LogP contribution in [0.2, 0.25) is 0 Å². The van der Waals surface area contributed by atoms with E-state index in [1.54, 1.807) is 0 Å². The lowest BCUT2D eigenvalue weighted by molar-refractivity contribution is -0.307. The Morgan fingerprint density at radius 1 is 1.43 bits per heavy atom. The van der Waals surface area contributed by atoms with Crippen molar-refractivity contribution in [3.63, 3.8) is 0 Å². The molecule has 8 heteroatoms. The minimum absolute atomic E-state index is 0.785. The highest BCUT2D eigenvalue weighted by Crippen LogP contribution is 2.13. The molecule has 0 fully saturated rings. The van der Waals surface area contributed by atoms with Crippen LogP contribution in [0.4, 0.5) is 13.2 Å². The highest BCUT2D eigenvalue weighted by atomic mass is 19.4. The summed E-state index contributed by atoms with van der Waals surface area (Å²) >= 11 is 0. The summed E-state index contributed by atoms with van der Waals surface area (Å²) in [6.45, 7) is -0.785. The maximum atomic E-state index is 11.5. The van der Waals surface area contributed by atoms with Crippen molar-refractivity contribution < 1.29 is 33.0 Å². The second-order valence-corrected chi connectivity index (χ2v) is 2.44. The molecule has 0 aromatic carbocycles. The third-order valence-corrected chi connectivity index (χ3v) is 1.16. The fraction of sp³-hybridized carbons (Fsp3) is 0.667. The van der Waals surface area contributed by atoms with Gasteiger partial charge in [-0.25, -0.2) is 0 Å². The van der Waals surface area contributed by atoms with Crippen LogP contribution in [0.15, 0.2) is 0 Å². The lowest BCUT2D eigenvalue weighted by Crippen LogP contribution is -2.42. The zero-order valence-corrected chi connectivity index (χ0v) is 6.80. The molecule has 0 aliphatic rings. The van der Waals surface area contributed by atoms with Crippen molar-refractivity contribution in [2.75, 3.05) is 6.54 Å². The fourth-order valence-corrected chi connectivity index (χ4v) is 0.575. The quantitative estimate of drug-likeness (QED) is 0.575. The van der Waals surface area contributed by atoms with Gasteiger partial charge >= 0.3 is 12.1 Å². The number of aliphatic carboxylic acids is 1. The first-order valence-corrected chi connectivity index (χ1v) is 3.46. The number of hydrogen-bond donors (Lipinski definition) is 2. The van der Waals surface area contributed by atoms with Gasteiger partial charge in [-0.1, -0.05) is 0 Å². The Morgan fingerprint density at radius 2 is 1.93 bits per heavy atom. The molecular formula is C6H7F3NO4-. The van der Waals surface area contributed by atoms with E-state index in [-0.39, 0.29) is 0 Å². The van der Waals surface area contributed by atoms with Crippen molar-refractivity contribution in [1.82, 2.24) is 5.32 Å². The number of halogens is 3. The highest BCUT2D eigenvalue weighted by molar-refractivity contribution is 5.81. The van der Waals surface area contributed by atoms with Gasteiger partial charge in [0.25, 0.3) is 0 Å². The lowest BCUT2D eigenvalue weighted by atomic mass is 10.2. The number of carbonyl (C=O) groups excluding carboxylic acids is 2. The van der Waals surface area contributed by atoms with Gasteiger partial charge in [0.1, 0.15) is 0 Å². The van der Waals surface area contributed by atoms with Gasteiger partial charge in [0.05, 0.1) is 6.10 Å². The first-order chi connectivity index (χ1) is 6.23. The maximum Gasteiger partial charge on any atom is 0.471 e. The molecule has 0 aliphatic heterocycles. The van der Waals surface area contributed by atoms with Gasteiger partial charge in [0.15, 0.2) is 0 Å². The van der Waals surface area contributed by atoms with Crippen LogP contribution in [0.3, 0.4) is 0 Å². The van der Waals surface area contributed by atoms with Crippen molar-refractivity contribution in [3.05, 3.63) is 0 Å². The first kappa shape index (κ1) is 12.7. The molecule has 0 aliphatic carbocycles. The summed E-state index contributed by atoms with van der Waals surface area (Å²) in [7, 11) is 0. The number of aliphatic hydroxyl groups is 1. The van der Waals surface area contributed by atoms with Crippen molar-refractivity contribution in [2.24, 2.45) is 0 Å². The van der Waals surface area contributed by atoms with Crippen molar-refractivity contribution in [2.45, 2.75) is 18.7 Å². The van der Waals surface area contributed by atoms with Gasteiger partial charge in [-0.05, 0) is 0 Å². The predicted molar refractivity (Wildman–Crippen MR) is 34.7 cm³/mol. The third kappa shape index (κ3) is 5.36. The molecule has 0 heterocycles. The zero-order chi connectivity index (χ0) is 11.4. The molecule has 0 spiro atoms. The van der Waals surface area contributed by atoms with Crippen molar-refractivity contribution in [1.29, 1.82) is 0 Å². The zero-order valence-electron chi connectivity index (χ0n) is 6.80. The minimum atomic E-state index is -5.04. The molecule has 0 radical (unpaired) electrons. The lowest BCUT2D eigenvalue weighted by Gasteiger charge is -2.13. The molecule has 1 unspecified atom stereocenters. The molecule has 0 rings (SSSR count). The number of alkyl halides is 3. The van der Waals surface area contributed by atoms with Gasteiger partial charge in [0.2, 0.25) is 0 Å². The van der Waals surface area contributed by atoms with Crippen LogP contribution in [0, 0.1) is 0 Å². The van der Waals surface area contributed by atoms with E-state index in [1.165, 1.54) is 5.32 Å². The molecular weight excluding hydrogens is 207 g/mol. The van der Waals surface area contributed by atoms with Crippen LogP contribution in [0.25, 0.3) is 0 Å². The van der Waals surface area contributed by atoms with E-state index in [4.69, 9.17) is 5.11 Å². The summed E-state index contributed by atoms with van der Waals surface area (Å²) in [5.41, 5.74) is 0. The Bertz CT molecular complexity index is 228. The number of aliphatic hydroxyl groups excluding tert-OH is 1. The van der Waals surface area contributed by atoms with Crippen LogP contribution in [0.5, 0.6) is 0 Å². The maximum absolute atomic E-state index is 11.5. The van der Waals surface area contributed by atoms with E-state index in [0.29, 0.717) is 0 Å². The molecule has 0 saturated heterocycles. The minimum Gasteiger partial charge on any atom is -0.550 e. The number of carboxylic acid groups (broad SMARTS) is 1. The molecule has 82 valence electrons. The summed E-state index contributed by atoms with van der Waals surface area (Å²) in [6.07, 6.45) is -7.47. The molecule has 0 saturated carbocycles. The van der Waals surface area contributed by atoms with Crippen molar-refractivity contribution in [3.8, 4) is 0 Å². The summed E-state index contributed by atoms with van der Waals surface area (Å²) < 4.78 is 34.6. The molecule has 1 atom stereocenters. The summed E-state index contributed by atoms with van der Waals surface area (Å²) in [5.74, 6) is -3.84. The van der Waals surface area contributed by atoms with Crippen LogP contribution in [-0.2, 0) is 9.59 Å². The van der Waals surface area contributed by atoms with Crippen LogP contribution < -0.4 is 10.4 Å². The van der Waals surface area contributed by atoms with Crippen molar-refractivity contribution >= 4 is 11.9 Å². The van der Waals surface area contributed by atoms with Crippen LogP contribution in [0.1, 0.15) is 6.42 Å². The SMILES string of the molecule is O=C([O-])CC(O)CNC(=O)C(F)(F)F. The Morgan fingerprint density at radius 3 is 2.29 bits per heavy atom. The number of carbonyl (C=O) groups is 2. The second kappa shape index (κ2) is 4.80. The van der Waals surface area contributed by atoms with Gasteiger partial charge in [-0.3, -0.25) is 4.79 Å². The molecule has 0 aromatic rings. The number of hydrogen-bond acceptors (Lipinski definition) is 4. The fourth-order valence-electron chi connectivity index (χ4n) is 0.575. The van der Waals surface area contributed by atoms with E-state index < -0.39 is 37.1 Å². The van der Waals surface area contributed by atoms with E-state index in [1.807, 2.05) is 0 Å². The molecule has 1 amide bonds. The van der Waals surface area contributed by atoms with E-state index in [0.717, 1.165) is 0 Å². The smallest absolute Gasteiger partial charge is 0.471 e. The Balaban J connectivity index is 3.84. The van der Waals surface area contributed by atoms with E-state index in [9.17, 15) is 27.9 Å². The standard InChI is InChI=1S/C6H8F3NO4/c7-6(8,9)5(14)10-2-3(11)1-4(12)13/h3,11H,1-2H2,(H,10,14)(H,12,13)/p-1. The molecule has 2 N–H and O–H groups in total. The number of rotatable bonds is 4. The molecule has 0 aromatic heterocycles. The summed E-state index contributed by atoms with van der Waals surface area (Å²) in [6, 6.07) is 0. The van der Waals surface area contributed by atoms with E-state index in [2.05, 4.69) is 0 Å². The Kier molecular flexibility index (Phi) is 4.35. The van der Waals surface area contributed by atoms with Gasteiger partial charge in [-0.15, -0.1) is 0 Å². The van der Waals surface area contributed by atoms with Gasteiger partial charge in [0, 0.05) is 18.9 Å². The third-order valence-electron chi connectivity index (χ3n) is 1.16. The van der Waals surface area contributed by atoms with Crippen LogP contribution >= 0.6 is 0 Å². The average molecular weight is 214 g/mol. The Labute approximate surface area is 76.5 Å². The number of amides is 1. The normalized spacial score (nSPS) is 13.4. The van der Waals surface area contributed by atoms with Crippen LogP contribution in [-0.4, -0.2) is 35.8 Å². The summed E-state index contributed by atoms with van der Waals surface area (Å²) in [4.78, 5) is 20.0. The second-order valence-electron chi connectivity index (χ2n) is 2.44. The topological polar surface area (TPSA) is 89.5 Å².